The normalized spacial score (nSPS) is 12.8. The lowest BCUT2D eigenvalue weighted by Gasteiger charge is -2.23. The van der Waals surface area contributed by atoms with Crippen LogP contribution in [0, 0.1) is 0 Å². The van der Waals surface area contributed by atoms with Crippen molar-refractivity contribution in [3.63, 3.8) is 0 Å². The maximum Gasteiger partial charge on any atom is 0.269 e. The van der Waals surface area contributed by atoms with Crippen LogP contribution in [0.2, 0.25) is 0 Å². The Balaban J connectivity index is 1.87. The van der Waals surface area contributed by atoms with Crippen molar-refractivity contribution in [2.24, 2.45) is 0 Å². The highest BCUT2D eigenvalue weighted by Crippen LogP contribution is 2.40. The number of ether oxygens (including phenoxy) is 2. The van der Waals surface area contributed by atoms with Crippen LogP contribution < -0.4 is 15.0 Å². The fraction of sp³-hybridized carbons (Fsp3) is 0.190. The first-order valence-electron chi connectivity index (χ1n) is 8.51. The number of pyridine rings is 1. The molecule has 1 aliphatic heterocycles. The van der Waals surface area contributed by atoms with Crippen molar-refractivity contribution in [3.05, 3.63) is 58.4 Å². The zero-order valence-electron chi connectivity index (χ0n) is 14.5. The largest absolute Gasteiger partial charge is 0.493 e. The zero-order chi connectivity index (χ0) is 17.8. The number of aryl methyl sites for hydroxylation is 1. The van der Waals surface area contributed by atoms with Gasteiger partial charge in [0.05, 0.1) is 19.9 Å². The SMILES string of the molecule is COc1cc2c(cc1OC)-c1cc3c(sc4ccccc43)c(=O)n1CC2. The quantitative estimate of drug-likeness (QED) is 0.528. The van der Waals surface area contributed by atoms with E-state index in [4.69, 9.17) is 9.47 Å². The van der Waals surface area contributed by atoms with Crippen LogP contribution in [-0.4, -0.2) is 18.8 Å². The third kappa shape index (κ3) is 2.04. The molecule has 130 valence electrons. The van der Waals surface area contributed by atoms with Crippen LogP contribution in [-0.2, 0) is 13.0 Å². The second kappa shape index (κ2) is 5.61. The fourth-order valence-electron chi connectivity index (χ4n) is 3.86. The lowest BCUT2D eigenvalue weighted by molar-refractivity contribution is 0.354. The van der Waals surface area contributed by atoms with Crippen molar-refractivity contribution in [2.75, 3.05) is 14.2 Å². The highest BCUT2D eigenvalue weighted by Gasteiger charge is 2.22. The molecule has 4 nitrogen and oxygen atoms in total. The molecule has 3 heterocycles. The van der Waals surface area contributed by atoms with Crippen LogP contribution in [0.15, 0.2) is 47.3 Å². The summed E-state index contributed by atoms with van der Waals surface area (Å²) in [7, 11) is 3.28. The van der Waals surface area contributed by atoms with E-state index in [0.29, 0.717) is 12.3 Å². The van der Waals surface area contributed by atoms with Crippen molar-refractivity contribution in [2.45, 2.75) is 13.0 Å². The smallest absolute Gasteiger partial charge is 0.269 e. The Morgan fingerprint density at radius 2 is 1.77 bits per heavy atom. The Bertz CT molecular complexity index is 1240. The van der Waals surface area contributed by atoms with Crippen LogP contribution in [0.5, 0.6) is 11.5 Å². The summed E-state index contributed by atoms with van der Waals surface area (Å²) in [5.41, 5.74) is 3.27. The molecule has 0 aliphatic carbocycles. The molecule has 0 spiro atoms. The van der Waals surface area contributed by atoms with E-state index in [0.717, 1.165) is 43.6 Å². The maximum absolute atomic E-state index is 13.1. The molecule has 2 aromatic heterocycles. The number of benzene rings is 2. The van der Waals surface area contributed by atoms with Crippen LogP contribution >= 0.6 is 11.3 Å². The average molecular weight is 363 g/mol. The second-order valence-corrected chi connectivity index (χ2v) is 7.49. The minimum Gasteiger partial charge on any atom is -0.493 e. The Morgan fingerprint density at radius 3 is 2.58 bits per heavy atom. The van der Waals surface area contributed by atoms with E-state index < -0.39 is 0 Å². The van der Waals surface area contributed by atoms with E-state index in [1.165, 1.54) is 5.56 Å². The molecular weight excluding hydrogens is 346 g/mol. The molecule has 0 bridgehead atoms. The summed E-state index contributed by atoms with van der Waals surface area (Å²) in [5.74, 6) is 1.41. The van der Waals surface area contributed by atoms with Gasteiger partial charge in [0.2, 0.25) is 0 Å². The number of fused-ring (bicyclic) bond motifs is 6. The predicted octanol–water partition coefficient (Wildman–Crippen LogP) is 4.46. The van der Waals surface area contributed by atoms with Crippen LogP contribution in [0.4, 0.5) is 0 Å². The first-order chi connectivity index (χ1) is 12.7. The molecule has 0 radical (unpaired) electrons. The summed E-state index contributed by atoms with van der Waals surface area (Å²) < 4.78 is 14.8. The van der Waals surface area contributed by atoms with Crippen molar-refractivity contribution in [1.82, 2.24) is 4.57 Å². The molecule has 0 saturated heterocycles. The number of methoxy groups -OCH3 is 2. The lowest BCUT2D eigenvalue weighted by atomic mass is 9.95. The van der Waals surface area contributed by atoms with Crippen molar-refractivity contribution < 1.29 is 9.47 Å². The van der Waals surface area contributed by atoms with Gasteiger partial charge in [-0.05, 0) is 36.2 Å². The molecule has 0 fully saturated rings. The van der Waals surface area contributed by atoms with E-state index >= 15 is 0 Å². The Labute approximate surface area is 154 Å². The first kappa shape index (κ1) is 15.5. The van der Waals surface area contributed by atoms with Gasteiger partial charge in [-0.2, -0.15) is 0 Å². The van der Waals surface area contributed by atoms with Crippen molar-refractivity contribution >= 4 is 31.5 Å². The minimum absolute atomic E-state index is 0.0964. The molecule has 0 N–H and O–H groups in total. The molecule has 0 atom stereocenters. The number of hydrogen-bond donors (Lipinski definition) is 0. The van der Waals surface area contributed by atoms with Gasteiger partial charge >= 0.3 is 0 Å². The highest BCUT2D eigenvalue weighted by atomic mass is 32.1. The molecule has 0 amide bonds. The number of nitrogens with zero attached hydrogens (tertiary/aromatic N) is 1. The van der Waals surface area contributed by atoms with Gasteiger partial charge in [-0.15, -0.1) is 11.3 Å². The van der Waals surface area contributed by atoms with E-state index in [1.807, 2.05) is 28.8 Å². The van der Waals surface area contributed by atoms with E-state index in [9.17, 15) is 4.79 Å². The summed E-state index contributed by atoms with van der Waals surface area (Å²) in [6.07, 6.45) is 0.805. The molecule has 0 saturated carbocycles. The summed E-state index contributed by atoms with van der Waals surface area (Å²) in [5, 5.41) is 2.17. The summed E-state index contributed by atoms with van der Waals surface area (Å²) in [6.45, 7) is 0.681. The van der Waals surface area contributed by atoms with Gasteiger partial charge in [-0.3, -0.25) is 4.79 Å². The van der Waals surface area contributed by atoms with E-state index in [-0.39, 0.29) is 5.56 Å². The second-order valence-electron chi connectivity index (χ2n) is 6.44. The van der Waals surface area contributed by atoms with Gasteiger partial charge in [-0.25, -0.2) is 0 Å². The van der Waals surface area contributed by atoms with Crippen LogP contribution in [0.3, 0.4) is 0 Å². The maximum atomic E-state index is 13.1. The fourth-order valence-corrected chi connectivity index (χ4v) is 4.99. The molecule has 5 heteroatoms. The van der Waals surface area contributed by atoms with Gasteiger partial charge in [0.1, 0.15) is 4.70 Å². The molecule has 4 aromatic rings. The van der Waals surface area contributed by atoms with Crippen LogP contribution in [0.25, 0.3) is 31.4 Å². The lowest BCUT2D eigenvalue weighted by Crippen LogP contribution is -2.25. The van der Waals surface area contributed by atoms with Crippen LogP contribution in [0.1, 0.15) is 5.56 Å². The highest BCUT2D eigenvalue weighted by molar-refractivity contribution is 7.25. The monoisotopic (exact) mass is 363 g/mol. The Kier molecular flexibility index (Phi) is 3.34. The third-order valence-electron chi connectivity index (χ3n) is 5.14. The molecule has 1 aliphatic rings. The Morgan fingerprint density at radius 1 is 1.00 bits per heavy atom. The molecular formula is C21H17NO3S. The zero-order valence-corrected chi connectivity index (χ0v) is 15.4. The molecule has 5 rings (SSSR count). The number of thiophene rings is 1. The average Bonchev–Trinajstić information content (AvgIpc) is 3.06. The number of aromatic nitrogens is 1. The minimum atomic E-state index is 0.0964. The standard InChI is InChI=1S/C21H17NO3S/c1-24-17-9-12-7-8-22-16(14(12)11-18(17)25-2)10-15-13-5-3-4-6-19(13)26-20(15)21(22)23/h3-6,9-11H,7-8H2,1-2H3. The third-order valence-corrected chi connectivity index (χ3v) is 6.31. The predicted molar refractivity (Wildman–Crippen MR) is 106 cm³/mol. The van der Waals surface area contributed by atoms with E-state index in [2.05, 4.69) is 18.2 Å². The molecule has 0 unspecified atom stereocenters. The van der Waals surface area contributed by atoms with Gasteiger partial charge in [0.25, 0.3) is 5.56 Å². The van der Waals surface area contributed by atoms with Gasteiger partial charge in [0, 0.05) is 27.6 Å². The van der Waals surface area contributed by atoms with Gasteiger partial charge in [0.15, 0.2) is 11.5 Å². The summed E-state index contributed by atoms with van der Waals surface area (Å²) in [4.78, 5) is 13.1. The van der Waals surface area contributed by atoms with Crippen molar-refractivity contribution in [3.8, 4) is 22.8 Å². The van der Waals surface area contributed by atoms with Gasteiger partial charge < -0.3 is 14.0 Å². The summed E-state index contributed by atoms with van der Waals surface area (Å²) in [6, 6.07) is 14.4. The first-order valence-corrected chi connectivity index (χ1v) is 9.33. The molecule has 2 aromatic carbocycles. The van der Waals surface area contributed by atoms with E-state index in [1.54, 1.807) is 25.6 Å². The summed E-state index contributed by atoms with van der Waals surface area (Å²) >= 11 is 1.58. The number of hydrogen-bond acceptors (Lipinski definition) is 4. The Hall–Kier alpha value is -2.79. The number of rotatable bonds is 2. The molecule has 26 heavy (non-hydrogen) atoms. The van der Waals surface area contributed by atoms with Gasteiger partial charge in [-0.1, -0.05) is 18.2 Å². The van der Waals surface area contributed by atoms with Crippen molar-refractivity contribution in [1.29, 1.82) is 0 Å². The topological polar surface area (TPSA) is 40.5 Å².